The molecule has 1 unspecified atom stereocenters. The summed E-state index contributed by atoms with van der Waals surface area (Å²) in [6, 6.07) is 0. The van der Waals surface area contributed by atoms with Crippen LogP contribution < -0.4 is 4.90 Å². The van der Waals surface area contributed by atoms with Crippen molar-refractivity contribution in [3.63, 3.8) is 0 Å². The van der Waals surface area contributed by atoms with Crippen LogP contribution in [0.1, 0.15) is 63.8 Å². The van der Waals surface area contributed by atoms with E-state index in [-0.39, 0.29) is 22.5 Å². The third kappa shape index (κ3) is 4.08. The topological polar surface area (TPSA) is 86.6 Å². The van der Waals surface area contributed by atoms with Crippen LogP contribution in [0.4, 0.5) is 5.82 Å². The molecule has 0 bridgehead atoms. The highest BCUT2D eigenvalue weighted by Gasteiger charge is 2.57. The predicted octanol–water partition coefficient (Wildman–Crippen LogP) is 3.82. The van der Waals surface area contributed by atoms with Gasteiger partial charge in [-0.15, -0.1) is 0 Å². The standard InChI is InChI=1S/C31H42N4O3/c1-19-17-32-20(2)29(33-19)35-13-11-34(12-14-35)18-28(38)25-8-7-23-22-6-5-21-15-26(36)27(37)16-31(21,4)24(22)9-10-30(23,25)3/h9,15,17,22-23,25-26,36H,5-8,10-14,16,18H2,1-4H3/t22-,23-,25+,26?,30-,31-/m0/s1. The monoisotopic (exact) mass is 518 g/mol. The third-order valence-corrected chi connectivity index (χ3v) is 10.8. The SMILES string of the molecule is Cc1cnc(C)c(N2CCN(CC(=O)[C@H]3CC[C@H]4[C@@H]5CCC6=CC(O)C(=O)C[C@]6(C)C5=CC[C@]34C)CC2)n1. The Morgan fingerprint density at radius 1 is 1.13 bits per heavy atom. The molecule has 204 valence electrons. The predicted molar refractivity (Wildman–Crippen MR) is 147 cm³/mol. The molecule has 1 N–H and O–H groups in total. The number of Topliss-reactive ketones (excluding diaryl/α,β-unsaturated/α-hetero) is 2. The number of allylic oxidation sites excluding steroid dienone is 3. The lowest BCUT2D eigenvalue weighted by atomic mass is 9.51. The molecule has 5 aliphatic rings. The van der Waals surface area contributed by atoms with Gasteiger partial charge in [-0.1, -0.05) is 31.1 Å². The van der Waals surface area contributed by atoms with Crippen LogP contribution in [0.3, 0.4) is 0 Å². The number of carbonyl (C=O) groups excluding carboxylic acids is 2. The van der Waals surface area contributed by atoms with E-state index in [0.29, 0.717) is 30.6 Å². The molecule has 1 aromatic heterocycles. The van der Waals surface area contributed by atoms with Crippen LogP contribution >= 0.6 is 0 Å². The smallest absolute Gasteiger partial charge is 0.166 e. The van der Waals surface area contributed by atoms with E-state index in [4.69, 9.17) is 4.98 Å². The number of rotatable bonds is 4. The van der Waals surface area contributed by atoms with E-state index in [1.165, 1.54) is 11.1 Å². The highest BCUT2D eigenvalue weighted by atomic mass is 16.3. The van der Waals surface area contributed by atoms with Gasteiger partial charge in [0, 0.05) is 50.1 Å². The Balaban J connectivity index is 1.13. The van der Waals surface area contributed by atoms with Gasteiger partial charge in [-0.3, -0.25) is 19.5 Å². The van der Waals surface area contributed by atoms with Gasteiger partial charge in [0.25, 0.3) is 0 Å². The highest BCUT2D eigenvalue weighted by molar-refractivity contribution is 5.88. The van der Waals surface area contributed by atoms with Crippen LogP contribution in [0.25, 0.3) is 0 Å². The Kier molecular flexibility index (Phi) is 6.38. The first-order valence-electron chi connectivity index (χ1n) is 14.5. The molecule has 6 atom stereocenters. The van der Waals surface area contributed by atoms with Crippen molar-refractivity contribution in [3.05, 3.63) is 40.9 Å². The lowest BCUT2D eigenvalue weighted by Crippen LogP contribution is -2.51. The zero-order chi connectivity index (χ0) is 26.8. The minimum Gasteiger partial charge on any atom is -0.381 e. The second-order valence-electron chi connectivity index (χ2n) is 13.0. The fourth-order valence-corrected chi connectivity index (χ4v) is 8.70. The molecule has 2 saturated carbocycles. The molecule has 0 amide bonds. The van der Waals surface area contributed by atoms with Gasteiger partial charge < -0.3 is 10.0 Å². The number of piperazine rings is 1. The number of fused-ring (bicyclic) bond motifs is 5. The maximum absolute atomic E-state index is 13.8. The number of aromatic nitrogens is 2. The largest absolute Gasteiger partial charge is 0.381 e. The molecule has 7 heteroatoms. The molecule has 0 aromatic carbocycles. The Morgan fingerprint density at radius 3 is 2.66 bits per heavy atom. The summed E-state index contributed by atoms with van der Waals surface area (Å²) in [5, 5.41) is 10.1. The number of aliphatic hydroxyl groups is 1. The molecule has 6 rings (SSSR count). The fourth-order valence-electron chi connectivity index (χ4n) is 8.70. The Hall–Kier alpha value is -2.38. The summed E-state index contributed by atoms with van der Waals surface area (Å²) in [7, 11) is 0. The lowest BCUT2D eigenvalue weighted by molar-refractivity contribution is -0.128. The molecule has 38 heavy (non-hydrogen) atoms. The van der Waals surface area contributed by atoms with Crippen LogP contribution in [-0.4, -0.2) is 70.4 Å². The van der Waals surface area contributed by atoms with Crippen molar-refractivity contribution >= 4 is 17.4 Å². The van der Waals surface area contributed by atoms with Gasteiger partial charge in [-0.2, -0.15) is 0 Å². The van der Waals surface area contributed by atoms with Gasteiger partial charge in [0.1, 0.15) is 17.7 Å². The van der Waals surface area contributed by atoms with Crippen molar-refractivity contribution in [1.29, 1.82) is 0 Å². The number of hydrogen-bond donors (Lipinski definition) is 1. The first-order valence-corrected chi connectivity index (χ1v) is 14.5. The molecule has 4 aliphatic carbocycles. The van der Waals surface area contributed by atoms with E-state index in [2.05, 4.69) is 34.7 Å². The van der Waals surface area contributed by atoms with Crippen LogP contribution in [-0.2, 0) is 9.59 Å². The molecule has 0 radical (unpaired) electrons. The summed E-state index contributed by atoms with van der Waals surface area (Å²) in [5.41, 5.74) is 4.30. The molecule has 1 aromatic rings. The number of anilines is 1. The average Bonchev–Trinajstić information content (AvgIpc) is 3.24. The molecule has 0 spiro atoms. The van der Waals surface area contributed by atoms with Crippen molar-refractivity contribution in [3.8, 4) is 0 Å². The lowest BCUT2D eigenvalue weighted by Gasteiger charge is -2.53. The first kappa shape index (κ1) is 25.9. The van der Waals surface area contributed by atoms with E-state index in [0.717, 1.165) is 75.5 Å². The van der Waals surface area contributed by atoms with Crippen molar-refractivity contribution in [2.45, 2.75) is 72.3 Å². The van der Waals surface area contributed by atoms with E-state index in [9.17, 15) is 14.7 Å². The summed E-state index contributed by atoms with van der Waals surface area (Å²) < 4.78 is 0. The number of aryl methyl sites for hydroxylation is 2. The minimum absolute atomic E-state index is 0.00287. The highest BCUT2D eigenvalue weighted by Crippen LogP contribution is 2.64. The molecular formula is C31H42N4O3. The minimum atomic E-state index is -0.937. The third-order valence-electron chi connectivity index (χ3n) is 10.8. The van der Waals surface area contributed by atoms with Gasteiger partial charge in [-0.05, 0) is 69.3 Å². The van der Waals surface area contributed by atoms with Gasteiger partial charge in [0.2, 0.25) is 0 Å². The molecule has 1 aliphatic heterocycles. The van der Waals surface area contributed by atoms with Crippen molar-refractivity contribution in [2.75, 3.05) is 37.6 Å². The number of ketones is 2. The molecular weight excluding hydrogens is 476 g/mol. The molecule has 2 heterocycles. The zero-order valence-corrected chi connectivity index (χ0v) is 23.4. The average molecular weight is 519 g/mol. The van der Waals surface area contributed by atoms with Crippen LogP contribution in [0.2, 0.25) is 0 Å². The normalized spacial score (nSPS) is 37.2. The van der Waals surface area contributed by atoms with Gasteiger partial charge in [0.05, 0.1) is 17.9 Å². The maximum atomic E-state index is 13.8. The van der Waals surface area contributed by atoms with Crippen molar-refractivity contribution in [2.24, 2.45) is 28.6 Å². The second-order valence-corrected chi connectivity index (χ2v) is 13.0. The van der Waals surface area contributed by atoms with E-state index < -0.39 is 6.10 Å². The maximum Gasteiger partial charge on any atom is 0.166 e. The quantitative estimate of drug-likeness (QED) is 0.607. The summed E-state index contributed by atoms with van der Waals surface area (Å²) in [6.45, 7) is 12.6. The van der Waals surface area contributed by atoms with Gasteiger partial charge in [0.15, 0.2) is 5.78 Å². The summed E-state index contributed by atoms with van der Waals surface area (Å²) in [5.74, 6) is 2.37. The van der Waals surface area contributed by atoms with Crippen LogP contribution in [0.5, 0.6) is 0 Å². The van der Waals surface area contributed by atoms with E-state index >= 15 is 0 Å². The fraction of sp³-hybridized carbons (Fsp3) is 0.677. The number of carbonyl (C=O) groups is 2. The summed E-state index contributed by atoms with van der Waals surface area (Å²) in [6.07, 6.45) is 10.5. The second kappa shape index (κ2) is 9.37. The zero-order valence-electron chi connectivity index (χ0n) is 23.4. The van der Waals surface area contributed by atoms with Crippen LogP contribution in [0.15, 0.2) is 29.5 Å². The molecule has 1 saturated heterocycles. The Labute approximate surface area is 226 Å². The summed E-state index contributed by atoms with van der Waals surface area (Å²) in [4.78, 5) is 40.1. The Bertz CT molecular complexity index is 1220. The summed E-state index contributed by atoms with van der Waals surface area (Å²) >= 11 is 0. The van der Waals surface area contributed by atoms with Crippen molar-refractivity contribution in [1.82, 2.24) is 14.9 Å². The first-order chi connectivity index (χ1) is 18.1. The van der Waals surface area contributed by atoms with Gasteiger partial charge >= 0.3 is 0 Å². The van der Waals surface area contributed by atoms with Crippen LogP contribution in [0, 0.1) is 42.4 Å². The number of hydrogen-bond acceptors (Lipinski definition) is 7. The molecule has 3 fully saturated rings. The molecule has 7 nitrogen and oxygen atoms in total. The number of aliphatic hydroxyl groups excluding tert-OH is 1. The Morgan fingerprint density at radius 2 is 1.89 bits per heavy atom. The van der Waals surface area contributed by atoms with Crippen molar-refractivity contribution < 1.29 is 14.7 Å². The number of nitrogens with zero attached hydrogens (tertiary/aromatic N) is 4. The van der Waals surface area contributed by atoms with E-state index in [1.54, 1.807) is 0 Å². The van der Waals surface area contributed by atoms with Gasteiger partial charge in [-0.25, -0.2) is 4.98 Å². The van der Waals surface area contributed by atoms with E-state index in [1.807, 2.05) is 26.1 Å².